The number of carbonyl (C=O) groups excluding carboxylic acids is 2. The summed E-state index contributed by atoms with van der Waals surface area (Å²) in [4.78, 5) is 24.8. The van der Waals surface area contributed by atoms with Gasteiger partial charge < -0.3 is 5.32 Å². The molecule has 0 bridgehead atoms. The maximum Gasteiger partial charge on any atom is 0.229 e. The summed E-state index contributed by atoms with van der Waals surface area (Å²) in [5, 5.41) is 3.36. The minimum atomic E-state index is 0.00302. The van der Waals surface area contributed by atoms with Crippen LogP contribution in [0.2, 0.25) is 0 Å². The number of nitrogens with zero attached hydrogens (tertiary/aromatic N) is 1. The van der Waals surface area contributed by atoms with Crippen molar-refractivity contribution in [2.75, 3.05) is 13.1 Å². The summed E-state index contributed by atoms with van der Waals surface area (Å²) in [6, 6.07) is 0. The maximum atomic E-state index is 11.7. The van der Waals surface area contributed by atoms with Crippen molar-refractivity contribution in [3.63, 3.8) is 0 Å². The van der Waals surface area contributed by atoms with Gasteiger partial charge in [0.1, 0.15) is 0 Å². The summed E-state index contributed by atoms with van der Waals surface area (Å²) in [5.41, 5.74) is 0.0901. The highest BCUT2D eigenvalue weighted by molar-refractivity contribution is 5.95. The van der Waals surface area contributed by atoms with Gasteiger partial charge in [0.15, 0.2) is 0 Å². The van der Waals surface area contributed by atoms with E-state index in [0.717, 1.165) is 25.8 Å². The van der Waals surface area contributed by atoms with E-state index in [4.69, 9.17) is 0 Å². The highest BCUT2D eigenvalue weighted by Gasteiger charge is 2.23. The van der Waals surface area contributed by atoms with Crippen LogP contribution in [0.4, 0.5) is 0 Å². The molecule has 0 radical (unpaired) electrons. The van der Waals surface area contributed by atoms with Crippen molar-refractivity contribution in [2.24, 2.45) is 0 Å². The Labute approximate surface area is 104 Å². The van der Waals surface area contributed by atoms with Crippen LogP contribution >= 0.6 is 0 Å². The lowest BCUT2D eigenvalue weighted by Crippen LogP contribution is -2.40. The van der Waals surface area contributed by atoms with Gasteiger partial charge in [-0.15, -0.1) is 0 Å². The molecule has 1 fully saturated rings. The van der Waals surface area contributed by atoms with E-state index in [0.29, 0.717) is 19.4 Å². The summed E-state index contributed by atoms with van der Waals surface area (Å²) in [6.07, 6.45) is 3.58. The van der Waals surface area contributed by atoms with Gasteiger partial charge in [0, 0.05) is 24.9 Å². The first kappa shape index (κ1) is 14.2. The third kappa shape index (κ3) is 5.31. The average Bonchev–Trinajstić information content (AvgIpc) is 2.36. The minimum absolute atomic E-state index is 0.00302. The van der Waals surface area contributed by atoms with E-state index in [1.165, 1.54) is 4.90 Å². The van der Waals surface area contributed by atoms with Gasteiger partial charge >= 0.3 is 0 Å². The Morgan fingerprint density at radius 1 is 1.12 bits per heavy atom. The number of rotatable bonds is 4. The molecule has 98 valence electrons. The first-order chi connectivity index (χ1) is 7.90. The van der Waals surface area contributed by atoms with Gasteiger partial charge in [-0.1, -0.05) is 0 Å². The normalized spacial score (nSPS) is 18.4. The Bertz CT molecular complexity index is 264. The fourth-order valence-electron chi connectivity index (χ4n) is 1.91. The molecule has 4 nitrogen and oxygen atoms in total. The lowest BCUT2D eigenvalue weighted by atomic mass is 10.1. The molecule has 1 rings (SSSR count). The Morgan fingerprint density at radius 3 is 2.12 bits per heavy atom. The fourth-order valence-corrected chi connectivity index (χ4v) is 1.91. The predicted octanol–water partition coefficient (Wildman–Crippen LogP) is 1.69. The minimum Gasteiger partial charge on any atom is -0.312 e. The fraction of sp³-hybridized carbons (Fsp3) is 0.846. The molecule has 0 aromatic rings. The summed E-state index contributed by atoms with van der Waals surface area (Å²) < 4.78 is 0. The van der Waals surface area contributed by atoms with Crippen LogP contribution in [0.3, 0.4) is 0 Å². The number of carbonyl (C=O) groups is 2. The second-order valence-electron chi connectivity index (χ2n) is 5.68. The molecule has 0 saturated carbocycles. The van der Waals surface area contributed by atoms with E-state index < -0.39 is 0 Å². The first-order valence-electron chi connectivity index (χ1n) is 6.48. The van der Waals surface area contributed by atoms with Gasteiger partial charge in [0.2, 0.25) is 11.8 Å². The van der Waals surface area contributed by atoms with Gasteiger partial charge in [-0.25, -0.2) is 0 Å². The smallest absolute Gasteiger partial charge is 0.229 e. The van der Waals surface area contributed by atoms with Crippen molar-refractivity contribution in [1.29, 1.82) is 0 Å². The van der Waals surface area contributed by atoms with Crippen molar-refractivity contribution in [1.82, 2.24) is 10.2 Å². The Hall–Kier alpha value is -0.900. The Balaban J connectivity index is 2.33. The quantitative estimate of drug-likeness (QED) is 0.601. The molecular formula is C13H24N2O2. The standard InChI is InChI=1S/C13H24N2O2/c1-13(2,3)14-9-6-10-15-11(16)7-4-5-8-12(15)17/h14H,4-10H2,1-3H3. The van der Waals surface area contributed by atoms with Gasteiger partial charge in [0.25, 0.3) is 0 Å². The van der Waals surface area contributed by atoms with Crippen molar-refractivity contribution in [3.8, 4) is 0 Å². The van der Waals surface area contributed by atoms with Crippen LogP contribution in [-0.4, -0.2) is 35.3 Å². The predicted molar refractivity (Wildman–Crippen MR) is 67.6 cm³/mol. The van der Waals surface area contributed by atoms with Crippen molar-refractivity contribution in [3.05, 3.63) is 0 Å². The van der Waals surface area contributed by atoms with Crippen molar-refractivity contribution >= 4 is 11.8 Å². The van der Waals surface area contributed by atoms with E-state index in [1.54, 1.807) is 0 Å². The number of hydrogen-bond acceptors (Lipinski definition) is 3. The third-order valence-corrected chi connectivity index (χ3v) is 2.85. The maximum absolute atomic E-state index is 11.7. The largest absolute Gasteiger partial charge is 0.312 e. The van der Waals surface area contributed by atoms with E-state index in [9.17, 15) is 9.59 Å². The van der Waals surface area contributed by atoms with Crippen LogP contribution < -0.4 is 5.32 Å². The van der Waals surface area contributed by atoms with Crippen LogP contribution in [0.1, 0.15) is 52.9 Å². The molecule has 1 saturated heterocycles. The van der Waals surface area contributed by atoms with Gasteiger partial charge in [-0.3, -0.25) is 14.5 Å². The second kappa shape index (κ2) is 6.15. The number of imide groups is 1. The Kier molecular flexibility index (Phi) is 5.12. The van der Waals surface area contributed by atoms with E-state index in [2.05, 4.69) is 26.1 Å². The molecule has 0 aromatic carbocycles. The molecule has 0 atom stereocenters. The molecule has 4 heteroatoms. The summed E-state index contributed by atoms with van der Waals surface area (Å²) in [7, 11) is 0. The van der Waals surface area contributed by atoms with Crippen LogP contribution in [-0.2, 0) is 9.59 Å². The van der Waals surface area contributed by atoms with Crippen LogP contribution in [0.25, 0.3) is 0 Å². The van der Waals surface area contributed by atoms with Crippen LogP contribution in [0, 0.1) is 0 Å². The molecule has 2 amide bonds. The highest BCUT2D eigenvalue weighted by atomic mass is 16.2. The average molecular weight is 240 g/mol. The van der Waals surface area contributed by atoms with E-state index in [-0.39, 0.29) is 17.4 Å². The zero-order valence-electron chi connectivity index (χ0n) is 11.2. The lowest BCUT2D eigenvalue weighted by Gasteiger charge is -2.22. The monoisotopic (exact) mass is 240 g/mol. The number of likely N-dealkylation sites (tertiary alicyclic amines) is 1. The molecule has 1 N–H and O–H groups in total. The van der Waals surface area contributed by atoms with Gasteiger partial charge in [-0.05, 0) is 46.6 Å². The van der Waals surface area contributed by atoms with Gasteiger partial charge in [0.05, 0.1) is 0 Å². The van der Waals surface area contributed by atoms with Crippen LogP contribution in [0.15, 0.2) is 0 Å². The van der Waals surface area contributed by atoms with Crippen molar-refractivity contribution in [2.45, 2.75) is 58.4 Å². The first-order valence-corrected chi connectivity index (χ1v) is 6.48. The molecule has 0 aromatic heterocycles. The van der Waals surface area contributed by atoms with E-state index >= 15 is 0 Å². The molecule has 17 heavy (non-hydrogen) atoms. The number of hydrogen-bond donors (Lipinski definition) is 1. The molecular weight excluding hydrogens is 216 g/mol. The summed E-state index contributed by atoms with van der Waals surface area (Å²) >= 11 is 0. The lowest BCUT2D eigenvalue weighted by molar-refractivity contribution is -0.143. The van der Waals surface area contributed by atoms with Crippen LogP contribution in [0.5, 0.6) is 0 Å². The Morgan fingerprint density at radius 2 is 1.65 bits per heavy atom. The van der Waals surface area contributed by atoms with E-state index in [1.807, 2.05) is 0 Å². The molecule has 0 aliphatic carbocycles. The second-order valence-corrected chi connectivity index (χ2v) is 5.68. The highest BCUT2D eigenvalue weighted by Crippen LogP contribution is 2.12. The summed E-state index contributed by atoms with van der Waals surface area (Å²) in [6.45, 7) is 7.71. The zero-order valence-corrected chi connectivity index (χ0v) is 11.2. The number of amides is 2. The van der Waals surface area contributed by atoms with Gasteiger partial charge in [-0.2, -0.15) is 0 Å². The van der Waals surface area contributed by atoms with Crippen molar-refractivity contribution < 1.29 is 9.59 Å². The topological polar surface area (TPSA) is 49.4 Å². The molecule has 1 aliphatic heterocycles. The number of nitrogens with one attached hydrogen (secondary N) is 1. The molecule has 0 spiro atoms. The molecule has 1 heterocycles. The molecule has 0 unspecified atom stereocenters. The molecule has 1 aliphatic rings. The zero-order chi connectivity index (χ0) is 12.9. The summed E-state index contributed by atoms with van der Waals surface area (Å²) in [5.74, 6) is 0.00603. The third-order valence-electron chi connectivity index (χ3n) is 2.85. The SMILES string of the molecule is CC(C)(C)NCCCN1C(=O)CCCCC1=O.